The molecule has 0 heterocycles. The van der Waals surface area contributed by atoms with Crippen LogP contribution in [0.15, 0.2) is 70.4 Å². The van der Waals surface area contributed by atoms with Gasteiger partial charge in [-0.15, -0.1) is 0 Å². The third kappa shape index (κ3) is 5.99. The van der Waals surface area contributed by atoms with Crippen molar-refractivity contribution >= 4 is 0 Å². The first kappa shape index (κ1) is 23.1. The summed E-state index contributed by atoms with van der Waals surface area (Å²) in [6.07, 6.45) is 24.7. The van der Waals surface area contributed by atoms with E-state index in [-0.39, 0.29) is 0 Å². The van der Waals surface area contributed by atoms with Crippen molar-refractivity contribution < 1.29 is 0 Å². The Bertz CT molecular complexity index is 790. The van der Waals surface area contributed by atoms with Crippen LogP contribution in [-0.2, 0) is 0 Å². The standard InChI is InChI=1S/C30H44/c1-22(11-8-14-29-24(3)12-9-19-30(29,5)6)10-7-13-26-15-17-27(18-16-26)28-21-23(2)20-25(28)4/h8,10-11,15,21,25,27H,2,7,9,12-14,16-20H2,1,3-6H3/b11-8?,22-10+. The normalized spacial score (nSPS) is 27.6. The molecule has 3 rings (SSSR count). The van der Waals surface area contributed by atoms with Gasteiger partial charge in [-0.2, -0.15) is 0 Å². The number of hydrogen-bond acceptors (Lipinski definition) is 0. The largest absolute Gasteiger partial charge is 0.0958 e. The van der Waals surface area contributed by atoms with Gasteiger partial charge >= 0.3 is 0 Å². The lowest BCUT2D eigenvalue weighted by Gasteiger charge is -2.34. The average Bonchev–Trinajstić information content (AvgIpc) is 3.02. The molecule has 2 atom stereocenters. The zero-order valence-corrected chi connectivity index (χ0v) is 20.3. The summed E-state index contributed by atoms with van der Waals surface area (Å²) in [4.78, 5) is 0. The molecule has 3 aliphatic carbocycles. The van der Waals surface area contributed by atoms with Crippen molar-refractivity contribution in [3.8, 4) is 0 Å². The fourth-order valence-corrected chi connectivity index (χ4v) is 5.93. The van der Waals surface area contributed by atoms with Gasteiger partial charge in [-0.1, -0.05) is 91.2 Å². The summed E-state index contributed by atoms with van der Waals surface area (Å²) >= 11 is 0. The number of hydrogen-bond donors (Lipinski definition) is 0. The fraction of sp³-hybridized carbons (Fsp3) is 0.600. The van der Waals surface area contributed by atoms with Gasteiger partial charge in [0.2, 0.25) is 0 Å². The Hall–Kier alpha value is -1.56. The molecule has 0 nitrogen and oxygen atoms in total. The summed E-state index contributed by atoms with van der Waals surface area (Å²) in [6, 6.07) is 0. The predicted molar refractivity (Wildman–Crippen MR) is 134 cm³/mol. The Kier molecular flexibility index (Phi) is 7.83. The minimum atomic E-state index is 0.384. The Morgan fingerprint density at radius 1 is 1.27 bits per heavy atom. The van der Waals surface area contributed by atoms with Crippen LogP contribution in [0.3, 0.4) is 0 Å². The summed E-state index contributed by atoms with van der Waals surface area (Å²) in [5, 5.41) is 0. The van der Waals surface area contributed by atoms with Gasteiger partial charge in [0.25, 0.3) is 0 Å². The molecule has 0 aliphatic heterocycles. The van der Waals surface area contributed by atoms with Crippen LogP contribution in [0.1, 0.15) is 98.8 Å². The van der Waals surface area contributed by atoms with Crippen molar-refractivity contribution in [1.82, 2.24) is 0 Å². The van der Waals surface area contributed by atoms with Gasteiger partial charge in [-0.3, -0.25) is 0 Å². The zero-order valence-electron chi connectivity index (χ0n) is 20.3. The molecule has 164 valence electrons. The highest BCUT2D eigenvalue weighted by Gasteiger charge is 2.27. The van der Waals surface area contributed by atoms with Crippen LogP contribution < -0.4 is 0 Å². The van der Waals surface area contributed by atoms with Gasteiger partial charge in [0, 0.05) is 0 Å². The maximum Gasteiger partial charge on any atom is -0.0128 e. The summed E-state index contributed by atoms with van der Waals surface area (Å²) in [5.74, 6) is 1.48. The molecule has 0 heteroatoms. The van der Waals surface area contributed by atoms with Crippen LogP contribution in [0, 0.1) is 17.3 Å². The van der Waals surface area contributed by atoms with E-state index in [0.717, 1.165) is 12.3 Å². The second-order valence-electron chi connectivity index (χ2n) is 10.8. The zero-order chi connectivity index (χ0) is 21.7. The van der Waals surface area contributed by atoms with E-state index in [9.17, 15) is 0 Å². The molecule has 0 bridgehead atoms. The van der Waals surface area contributed by atoms with Crippen LogP contribution in [-0.4, -0.2) is 0 Å². The van der Waals surface area contributed by atoms with Crippen molar-refractivity contribution in [2.45, 2.75) is 98.8 Å². The Morgan fingerprint density at radius 2 is 2.07 bits per heavy atom. The molecule has 0 fully saturated rings. The molecule has 0 amide bonds. The van der Waals surface area contributed by atoms with Crippen molar-refractivity contribution in [1.29, 1.82) is 0 Å². The lowest BCUT2D eigenvalue weighted by atomic mass is 9.71. The van der Waals surface area contributed by atoms with Crippen molar-refractivity contribution in [3.63, 3.8) is 0 Å². The smallest absolute Gasteiger partial charge is 0.0128 e. The lowest BCUT2D eigenvalue weighted by Crippen LogP contribution is -2.19. The highest BCUT2D eigenvalue weighted by atomic mass is 14.3. The van der Waals surface area contributed by atoms with Gasteiger partial charge in [-0.25, -0.2) is 0 Å². The molecule has 2 unspecified atom stereocenters. The first-order valence-electron chi connectivity index (χ1n) is 12.4. The van der Waals surface area contributed by atoms with Crippen LogP contribution >= 0.6 is 0 Å². The lowest BCUT2D eigenvalue weighted by molar-refractivity contribution is 0.361. The van der Waals surface area contributed by atoms with E-state index in [0.29, 0.717) is 11.3 Å². The fourth-order valence-electron chi connectivity index (χ4n) is 5.93. The highest BCUT2D eigenvalue weighted by molar-refractivity contribution is 5.33. The maximum absolute atomic E-state index is 4.17. The molecule has 0 N–H and O–H groups in total. The molecule has 0 saturated carbocycles. The SMILES string of the molecule is C=C1C=C(C2CC=C(CC/C=C(\C)C=CCC3=C(C)CCCC3(C)C)CC2)C(C)C1. The second kappa shape index (κ2) is 10.2. The van der Waals surface area contributed by atoms with Gasteiger partial charge in [0.05, 0.1) is 0 Å². The second-order valence-corrected chi connectivity index (χ2v) is 10.8. The summed E-state index contributed by atoms with van der Waals surface area (Å²) in [5.41, 5.74) is 9.78. The van der Waals surface area contributed by atoms with Crippen molar-refractivity contribution in [2.24, 2.45) is 17.3 Å². The van der Waals surface area contributed by atoms with E-state index in [1.165, 1.54) is 68.9 Å². The minimum absolute atomic E-state index is 0.384. The van der Waals surface area contributed by atoms with E-state index < -0.39 is 0 Å². The monoisotopic (exact) mass is 404 g/mol. The maximum atomic E-state index is 4.17. The molecule has 0 aromatic heterocycles. The molecule has 0 radical (unpaired) electrons. The Balaban J connectivity index is 1.45. The molecule has 0 saturated heterocycles. The van der Waals surface area contributed by atoms with E-state index in [2.05, 4.69) is 71.6 Å². The molecule has 0 aromatic carbocycles. The van der Waals surface area contributed by atoms with Crippen LogP contribution in [0.4, 0.5) is 0 Å². The van der Waals surface area contributed by atoms with E-state index in [4.69, 9.17) is 0 Å². The van der Waals surface area contributed by atoms with Crippen molar-refractivity contribution in [2.75, 3.05) is 0 Å². The van der Waals surface area contributed by atoms with Gasteiger partial charge in [0.1, 0.15) is 0 Å². The van der Waals surface area contributed by atoms with Crippen LogP contribution in [0.5, 0.6) is 0 Å². The Morgan fingerprint density at radius 3 is 2.70 bits per heavy atom. The molecular weight excluding hydrogens is 360 g/mol. The summed E-state index contributed by atoms with van der Waals surface area (Å²) in [6.45, 7) is 16.0. The van der Waals surface area contributed by atoms with E-state index >= 15 is 0 Å². The summed E-state index contributed by atoms with van der Waals surface area (Å²) < 4.78 is 0. The Labute approximate surface area is 186 Å². The molecular formula is C30H44. The predicted octanol–water partition coefficient (Wildman–Crippen LogP) is 9.43. The topological polar surface area (TPSA) is 0 Å². The first-order chi connectivity index (χ1) is 14.3. The molecule has 0 spiro atoms. The van der Waals surface area contributed by atoms with E-state index in [1.54, 1.807) is 22.3 Å². The van der Waals surface area contributed by atoms with Gasteiger partial charge < -0.3 is 0 Å². The third-order valence-corrected chi connectivity index (χ3v) is 7.80. The highest BCUT2D eigenvalue weighted by Crippen LogP contribution is 2.42. The quantitative estimate of drug-likeness (QED) is 0.293. The van der Waals surface area contributed by atoms with Crippen LogP contribution in [0.2, 0.25) is 0 Å². The van der Waals surface area contributed by atoms with Crippen molar-refractivity contribution in [3.05, 3.63) is 70.4 Å². The van der Waals surface area contributed by atoms with E-state index in [1.807, 2.05) is 0 Å². The van der Waals surface area contributed by atoms with Gasteiger partial charge in [-0.05, 0) is 95.3 Å². The third-order valence-electron chi connectivity index (χ3n) is 7.80. The molecule has 30 heavy (non-hydrogen) atoms. The number of rotatable bonds is 7. The number of allylic oxidation sites excluding steroid dienone is 11. The molecule has 3 aliphatic rings. The van der Waals surface area contributed by atoms with Crippen LogP contribution in [0.25, 0.3) is 0 Å². The van der Waals surface area contributed by atoms with Gasteiger partial charge in [0.15, 0.2) is 0 Å². The average molecular weight is 405 g/mol. The first-order valence-corrected chi connectivity index (χ1v) is 12.4. The summed E-state index contributed by atoms with van der Waals surface area (Å²) in [7, 11) is 0. The minimum Gasteiger partial charge on any atom is -0.0958 e. The molecule has 0 aromatic rings.